The van der Waals surface area contributed by atoms with Crippen molar-refractivity contribution in [3.63, 3.8) is 0 Å². The number of nitrogens with zero attached hydrogens (tertiary/aromatic N) is 1. The Balaban J connectivity index is 1.37. The first-order valence-electron chi connectivity index (χ1n) is 7.90. The molecule has 1 aliphatic rings. The highest BCUT2D eigenvalue weighted by atomic mass is 35.5. The van der Waals surface area contributed by atoms with Crippen molar-refractivity contribution in [3.05, 3.63) is 35.5 Å². The van der Waals surface area contributed by atoms with Crippen LogP contribution in [-0.2, 0) is 9.47 Å². The van der Waals surface area contributed by atoms with Crippen LogP contribution in [-0.4, -0.2) is 50.6 Å². The lowest BCUT2D eigenvalue weighted by Crippen LogP contribution is -2.39. The van der Waals surface area contributed by atoms with Crippen LogP contribution in [0, 0.1) is 0 Å². The van der Waals surface area contributed by atoms with Gasteiger partial charge in [0.1, 0.15) is 17.5 Å². The number of rotatable bonds is 7. The molecule has 1 aromatic heterocycles. The zero-order valence-corrected chi connectivity index (χ0v) is 13.7. The second-order valence-corrected chi connectivity index (χ2v) is 5.82. The molecule has 6 heteroatoms. The molecule has 0 spiro atoms. The minimum Gasteiger partial charge on any atom is -0.491 e. The van der Waals surface area contributed by atoms with Crippen molar-refractivity contribution in [1.82, 2.24) is 10.3 Å². The summed E-state index contributed by atoms with van der Waals surface area (Å²) in [5.74, 6) is 0.774. The Labute approximate surface area is 140 Å². The summed E-state index contributed by atoms with van der Waals surface area (Å²) in [7, 11) is 0. The summed E-state index contributed by atoms with van der Waals surface area (Å²) in [6.07, 6.45) is 1.17. The number of ether oxygens (including phenoxy) is 3. The number of morpholine rings is 1. The van der Waals surface area contributed by atoms with Gasteiger partial charge in [0.15, 0.2) is 0 Å². The van der Waals surface area contributed by atoms with E-state index in [0.717, 1.165) is 42.8 Å². The number of nitrogens with one attached hydrogen (secondary N) is 1. The van der Waals surface area contributed by atoms with Crippen LogP contribution in [0.15, 0.2) is 30.3 Å². The normalized spacial score (nSPS) is 18.2. The summed E-state index contributed by atoms with van der Waals surface area (Å²) in [4.78, 5) is 4.28. The molecular weight excluding hydrogens is 316 g/mol. The zero-order valence-electron chi connectivity index (χ0n) is 13.0. The highest BCUT2D eigenvalue weighted by Gasteiger charge is 2.12. The van der Waals surface area contributed by atoms with Gasteiger partial charge in [0.2, 0.25) is 0 Å². The number of hydrogen-bond donors (Lipinski definition) is 1. The molecule has 1 unspecified atom stereocenters. The third kappa shape index (κ3) is 5.04. The average molecular weight is 337 g/mol. The predicted octanol–water partition coefficient (Wildman–Crippen LogP) is 2.66. The molecule has 3 rings (SSSR count). The summed E-state index contributed by atoms with van der Waals surface area (Å²) >= 11 is 5.91. The Morgan fingerprint density at radius 1 is 1.22 bits per heavy atom. The van der Waals surface area contributed by atoms with Crippen molar-refractivity contribution in [2.75, 3.05) is 39.5 Å². The maximum absolute atomic E-state index is 5.91. The topological polar surface area (TPSA) is 52.6 Å². The molecule has 0 aliphatic carbocycles. The van der Waals surface area contributed by atoms with Gasteiger partial charge < -0.3 is 19.5 Å². The van der Waals surface area contributed by atoms with E-state index in [1.165, 1.54) is 0 Å². The fraction of sp³-hybridized carbons (Fsp3) is 0.471. The van der Waals surface area contributed by atoms with Gasteiger partial charge in [-0.15, -0.1) is 0 Å². The maximum atomic E-state index is 5.91. The smallest absolute Gasteiger partial charge is 0.129 e. The van der Waals surface area contributed by atoms with E-state index in [2.05, 4.69) is 10.3 Å². The van der Waals surface area contributed by atoms with E-state index >= 15 is 0 Å². The molecule has 0 bridgehead atoms. The number of pyridine rings is 1. The SMILES string of the molecule is Clc1ccc2ccc(OCCOCCC3CNCCO3)cc2n1. The third-order valence-corrected chi connectivity index (χ3v) is 3.93. The summed E-state index contributed by atoms with van der Waals surface area (Å²) in [5, 5.41) is 4.83. The van der Waals surface area contributed by atoms with Crippen LogP contribution in [0.5, 0.6) is 5.75 Å². The number of halogens is 1. The van der Waals surface area contributed by atoms with Crippen LogP contribution in [0.1, 0.15) is 6.42 Å². The average Bonchev–Trinajstić information content (AvgIpc) is 2.58. The molecule has 1 atom stereocenters. The maximum Gasteiger partial charge on any atom is 0.129 e. The summed E-state index contributed by atoms with van der Waals surface area (Å²) in [6.45, 7) is 4.39. The van der Waals surface area contributed by atoms with Crippen LogP contribution in [0.3, 0.4) is 0 Å². The van der Waals surface area contributed by atoms with E-state index in [1.54, 1.807) is 6.07 Å². The Kier molecular flexibility index (Phi) is 6.05. The van der Waals surface area contributed by atoms with Gasteiger partial charge in [-0.05, 0) is 30.7 Å². The minimum atomic E-state index is 0.265. The van der Waals surface area contributed by atoms with Gasteiger partial charge in [0, 0.05) is 31.1 Å². The molecule has 0 saturated carbocycles. The Morgan fingerprint density at radius 3 is 3.00 bits per heavy atom. The first-order valence-corrected chi connectivity index (χ1v) is 8.28. The monoisotopic (exact) mass is 336 g/mol. The summed E-state index contributed by atoms with van der Waals surface area (Å²) in [5.41, 5.74) is 0.831. The van der Waals surface area contributed by atoms with Gasteiger partial charge in [-0.3, -0.25) is 0 Å². The van der Waals surface area contributed by atoms with E-state index < -0.39 is 0 Å². The molecule has 1 fully saturated rings. The first kappa shape index (κ1) is 16.5. The fourth-order valence-corrected chi connectivity index (χ4v) is 2.66. The van der Waals surface area contributed by atoms with Crippen molar-refractivity contribution >= 4 is 22.5 Å². The highest BCUT2D eigenvalue weighted by Crippen LogP contribution is 2.21. The quantitative estimate of drug-likeness (QED) is 0.622. The van der Waals surface area contributed by atoms with Gasteiger partial charge in [-0.2, -0.15) is 0 Å². The van der Waals surface area contributed by atoms with Crippen LogP contribution in [0.25, 0.3) is 10.9 Å². The molecule has 2 aromatic rings. The molecule has 1 saturated heterocycles. The predicted molar refractivity (Wildman–Crippen MR) is 90.3 cm³/mol. The summed E-state index contributed by atoms with van der Waals surface area (Å²) in [6, 6.07) is 9.52. The second kappa shape index (κ2) is 8.45. The molecule has 0 radical (unpaired) electrons. The van der Waals surface area contributed by atoms with Crippen LogP contribution in [0.2, 0.25) is 5.15 Å². The highest BCUT2D eigenvalue weighted by molar-refractivity contribution is 6.29. The third-order valence-electron chi connectivity index (χ3n) is 3.71. The van der Waals surface area contributed by atoms with Gasteiger partial charge in [-0.1, -0.05) is 11.6 Å². The minimum absolute atomic E-state index is 0.265. The number of fused-ring (bicyclic) bond motifs is 1. The molecular formula is C17H21ClN2O3. The van der Waals surface area contributed by atoms with Crippen LogP contribution in [0.4, 0.5) is 0 Å². The number of hydrogen-bond acceptors (Lipinski definition) is 5. The van der Waals surface area contributed by atoms with Crippen molar-refractivity contribution in [2.45, 2.75) is 12.5 Å². The van der Waals surface area contributed by atoms with Crippen LogP contribution >= 0.6 is 11.6 Å². The van der Waals surface area contributed by atoms with Crippen molar-refractivity contribution in [1.29, 1.82) is 0 Å². The molecule has 1 N–H and O–H groups in total. The Morgan fingerprint density at radius 2 is 2.13 bits per heavy atom. The van der Waals surface area contributed by atoms with E-state index in [-0.39, 0.29) is 6.10 Å². The van der Waals surface area contributed by atoms with Crippen LogP contribution < -0.4 is 10.1 Å². The van der Waals surface area contributed by atoms with E-state index in [0.29, 0.717) is 25.0 Å². The Hall–Kier alpha value is -1.40. The summed E-state index contributed by atoms with van der Waals surface area (Å²) < 4.78 is 16.9. The molecule has 1 aliphatic heterocycles. The lowest BCUT2D eigenvalue weighted by Gasteiger charge is -2.23. The molecule has 5 nitrogen and oxygen atoms in total. The van der Waals surface area contributed by atoms with E-state index in [1.807, 2.05) is 24.3 Å². The second-order valence-electron chi connectivity index (χ2n) is 5.43. The standard InChI is InChI=1S/C17H21ClN2O3/c18-17-4-2-13-1-3-14(11-16(13)20-17)23-10-9-21-7-5-15-12-19-6-8-22-15/h1-4,11,15,19H,5-10,12H2. The van der Waals surface area contributed by atoms with Gasteiger partial charge >= 0.3 is 0 Å². The molecule has 124 valence electrons. The van der Waals surface area contributed by atoms with Crippen molar-refractivity contribution < 1.29 is 14.2 Å². The lowest BCUT2D eigenvalue weighted by atomic mass is 10.2. The molecule has 2 heterocycles. The Bertz CT molecular complexity index is 632. The van der Waals surface area contributed by atoms with E-state index in [4.69, 9.17) is 25.8 Å². The lowest BCUT2D eigenvalue weighted by molar-refractivity contribution is -0.000112. The molecule has 23 heavy (non-hydrogen) atoms. The van der Waals surface area contributed by atoms with Crippen molar-refractivity contribution in [2.24, 2.45) is 0 Å². The van der Waals surface area contributed by atoms with Crippen molar-refractivity contribution in [3.8, 4) is 5.75 Å². The largest absolute Gasteiger partial charge is 0.491 e. The number of benzene rings is 1. The molecule has 1 aromatic carbocycles. The van der Waals surface area contributed by atoms with Gasteiger partial charge in [-0.25, -0.2) is 4.98 Å². The first-order chi connectivity index (χ1) is 11.3. The molecule has 0 amide bonds. The van der Waals surface area contributed by atoms with Gasteiger partial charge in [0.05, 0.1) is 24.8 Å². The zero-order chi connectivity index (χ0) is 15.9. The van der Waals surface area contributed by atoms with E-state index in [9.17, 15) is 0 Å². The number of aromatic nitrogens is 1. The fourth-order valence-electron chi connectivity index (χ4n) is 2.50. The van der Waals surface area contributed by atoms with Gasteiger partial charge in [0.25, 0.3) is 0 Å².